The molecule has 2 saturated heterocycles. The number of carboxylic acid groups (broad SMARTS) is 1. The van der Waals surface area contributed by atoms with Crippen LogP contribution in [0, 0.1) is 12.8 Å². The Morgan fingerprint density at radius 2 is 2.07 bits per heavy atom. The Balaban J connectivity index is 1.15. The third-order valence-electron chi connectivity index (χ3n) is 9.02. The average molecular weight is 584 g/mol. The molecular weight excluding hydrogens is 537 g/mol. The maximum Gasteiger partial charge on any atom is 0.325 e. The van der Waals surface area contributed by atoms with Gasteiger partial charge in [0.15, 0.2) is 0 Å². The van der Waals surface area contributed by atoms with Gasteiger partial charge in [-0.15, -0.1) is 0 Å². The van der Waals surface area contributed by atoms with Crippen LogP contribution >= 0.6 is 0 Å². The molecule has 2 aromatic rings. The SMILES string of the molecule is COc1cc(CCCC[C@@H](F)C2CCN([C@@H](C(=O)O)c3cc(C)ccc3COC3CCOCC3)C2)nc2c1CCCN2. The average Bonchev–Trinajstić information content (AvgIpc) is 3.48. The maximum atomic E-state index is 15.4. The molecule has 0 amide bonds. The molecule has 1 aromatic heterocycles. The first-order chi connectivity index (χ1) is 20.4. The highest BCUT2D eigenvalue weighted by Crippen LogP contribution is 2.35. The summed E-state index contributed by atoms with van der Waals surface area (Å²) in [4.78, 5) is 19.3. The summed E-state index contributed by atoms with van der Waals surface area (Å²) in [5.41, 5.74) is 4.77. The first-order valence-electron chi connectivity index (χ1n) is 15.6. The zero-order valence-electron chi connectivity index (χ0n) is 25.1. The van der Waals surface area contributed by atoms with Crippen molar-refractivity contribution < 1.29 is 28.5 Å². The van der Waals surface area contributed by atoms with Crippen molar-refractivity contribution >= 4 is 11.8 Å². The number of anilines is 1. The van der Waals surface area contributed by atoms with Crippen molar-refractivity contribution in [3.05, 3.63) is 52.2 Å². The Morgan fingerprint density at radius 3 is 2.86 bits per heavy atom. The van der Waals surface area contributed by atoms with Crippen LogP contribution in [0.3, 0.4) is 0 Å². The maximum absolute atomic E-state index is 15.4. The highest BCUT2D eigenvalue weighted by Gasteiger charge is 2.37. The number of pyridine rings is 1. The van der Waals surface area contributed by atoms with Gasteiger partial charge in [0, 0.05) is 49.5 Å². The third kappa shape index (κ3) is 7.60. The molecule has 3 atom stereocenters. The molecule has 2 N–H and O–H groups in total. The molecule has 9 heteroatoms. The molecule has 3 aliphatic heterocycles. The summed E-state index contributed by atoms with van der Waals surface area (Å²) in [6, 6.07) is 7.15. The van der Waals surface area contributed by atoms with Crippen molar-refractivity contribution in [2.45, 2.75) is 89.6 Å². The molecule has 0 spiro atoms. The Labute approximate surface area is 248 Å². The van der Waals surface area contributed by atoms with Crippen molar-refractivity contribution in [3.63, 3.8) is 0 Å². The fraction of sp³-hybridized carbons (Fsp3) is 0.636. The highest BCUT2D eigenvalue weighted by molar-refractivity contribution is 5.76. The van der Waals surface area contributed by atoms with Gasteiger partial charge < -0.3 is 24.6 Å². The number of nitrogens with one attached hydrogen (secondary N) is 1. The minimum Gasteiger partial charge on any atom is -0.496 e. The molecule has 0 radical (unpaired) electrons. The third-order valence-corrected chi connectivity index (χ3v) is 9.02. The largest absolute Gasteiger partial charge is 0.496 e. The number of aryl methyl sites for hydroxylation is 2. The molecule has 5 rings (SSSR count). The lowest BCUT2D eigenvalue weighted by molar-refractivity contribution is -0.143. The van der Waals surface area contributed by atoms with E-state index in [0.717, 1.165) is 91.0 Å². The van der Waals surface area contributed by atoms with E-state index in [0.29, 0.717) is 45.8 Å². The lowest BCUT2D eigenvalue weighted by Gasteiger charge is -2.28. The molecule has 1 unspecified atom stereocenters. The number of unbranched alkanes of at least 4 members (excludes halogenated alkanes) is 1. The van der Waals surface area contributed by atoms with Gasteiger partial charge in [-0.25, -0.2) is 9.37 Å². The number of carboxylic acids is 1. The Kier molecular flexibility index (Phi) is 10.7. The molecule has 0 aliphatic carbocycles. The molecule has 230 valence electrons. The molecule has 0 saturated carbocycles. The van der Waals surface area contributed by atoms with Gasteiger partial charge in [0.2, 0.25) is 0 Å². The van der Waals surface area contributed by atoms with E-state index in [1.54, 1.807) is 7.11 Å². The quantitative estimate of drug-likeness (QED) is 0.292. The zero-order valence-corrected chi connectivity index (χ0v) is 25.1. The number of halogens is 1. The molecule has 8 nitrogen and oxygen atoms in total. The summed E-state index contributed by atoms with van der Waals surface area (Å²) in [6.45, 7) is 5.67. The van der Waals surface area contributed by atoms with Crippen LogP contribution in [0.15, 0.2) is 24.3 Å². The van der Waals surface area contributed by atoms with E-state index in [1.807, 2.05) is 36.1 Å². The number of rotatable bonds is 13. The number of hydrogen-bond acceptors (Lipinski definition) is 7. The van der Waals surface area contributed by atoms with Crippen molar-refractivity contribution in [3.8, 4) is 5.75 Å². The van der Waals surface area contributed by atoms with E-state index in [4.69, 9.17) is 19.2 Å². The van der Waals surface area contributed by atoms with Crippen LogP contribution in [0.4, 0.5) is 10.2 Å². The van der Waals surface area contributed by atoms with Crippen LogP contribution in [0.2, 0.25) is 0 Å². The summed E-state index contributed by atoms with van der Waals surface area (Å²) in [5, 5.41) is 13.7. The number of methoxy groups -OCH3 is 1. The molecule has 4 heterocycles. The van der Waals surface area contributed by atoms with E-state index >= 15 is 4.39 Å². The van der Waals surface area contributed by atoms with Gasteiger partial charge in [0.05, 0.1) is 19.8 Å². The summed E-state index contributed by atoms with van der Waals surface area (Å²) in [5.74, 6) is 0.748. The van der Waals surface area contributed by atoms with Gasteiger partial charge in [-0.3, -0.25) is 9.69 Å². The fourth-order valence-electron chi connectivity index (χ4n) is 6.63. The second-order valence-electron chi connectivity index (χ2n) is 12.0. The van der Waals surface area contributed by atoms with E-state index in [9.17, 15) is 9.90 Å². The molecular formula is C33H46FN3O5. The Morgan fingerprint density at radius 1 is 1.24 bits per heavy atom. The van der Waals surface area contributed by atoms with Gasteiger partial charge in [-0.1, -0.05) is 30.2 Å². The van der Waals surface area contributed by atoms with Crippen LogP contribution in [0.1, 0.15) is 78.9 Å². The highest BCUT2D eigenvalue weighted by atomic mass is 19.1. The lowest BCUT2D eigenvalue weighted by Crippen LogP contribution is -2.34. The molecule has 42 heavy (non-hydrogen) atoms. The van der Waals surface area contributed by atoms with E-state index in [-0.39, 0.29) is 12.0 Å². The first-order valence-corrected chi connectivity index (χ1v) is 15.6. The van der Waals surface area contributed by atoms with E-state index in [2.05, 4.69) is 5.32 Å². The lowest BCUT2D eigenvalue weighted by atomic mass is 9.96. The van der Waals surface area contributed by atoms with Crippen LogP contribution in [-0.2, 0) is 33.7 Å². The van der Waals surface area contributed by atoms with Gasteiger partial charge in [0.25, 0.3) is 0 Å². The second kappa shape index (κ2) is 14.6. The number of aromatic nitrogens is 1. The summed E-state index contributed by atoms with van der Waals surface area (Å²) < 4.78 is 32.6. The number of ether oxygens (including phenoxy) is 3. The predicted molar refractivity (Wildman–Crippen MR) is 160 cm³/mol. The number of aliphatic carboxylic acids is 1. The van der Waals surface area contributed by atoms with Crippen LogP contribution in [0.25, 0.3) is 0 Å². The summed E-state index contributed by atoms with van der Waals surface area (Å²) >= 11 is 0. The number of nitrogens with zero attached hydrogens (tertiary/aromatic N) is 2. The fourth-order valence-corrected chi connectivity index (χ4v) is 6.63. The van der Waals surface area contributed by atoms with Gasteiger partial charge in [-0.2, -0.15) is 0 Å². The molecule has 2 fully saturated rings. The molecule has 1 aromatic carbocycles. The van der Waals surface area contributed by atoms with Crippen molar-refractivity contribution in [1.82, 2.24) is 9.88 Å². The van der Waals surface area contributed by atoms with Crippen LogP contribution in [-0.4, -0.2) is 73.2 Å². The Bertz CT molecular complexity index is 1190. The minimum absolute atomic E-state index is 0.126. The van der Waals surface area contributed by atoms with Crippen molar-refractivity contribution in [1.29, 1.82) is 0 Å². The van der Waals surface area contributed by atoms with E-state index < -0.39 is 18.2 Å². The second-order valence-corrected chi connectivity index (χ2v) is 12.0. The molecule has 0 bridgehead atoms. The van der Waals surface area contributed by atoms with Gasteiger partial charge >= 0.3 is 5.97 Å². The summed E-state index contributed by atoms with van der Waals surface area (Å²) in [6.07, 6.45) is 6.46. The van der Waals surface area contributed by atoms with Crippen LogP contribution < -0.4 is 10.1 Å². The minimum atomic E-state index is -0.953. The van der Waals surface area contributed by atoms with E-state index in [1.165, 1.54) is 0 Å². The number of benzene rings is 1. The predicted octanol–water partition coefficient (Wildman–Crippen LogP) is 5.65. The first kappa shape index (κ1) is 30.7. The number of fused-ring (bicyclic) bond motifs is 1. The normalized spacial score (nSPS) is 21.0. The van der Waals surface area contributed by atoms with Crippen molar-refractivity contribution in [2.75, 3.05) is 45.3 Å². The standard InChI is InChI=1S/C33H46FN3O5/c1-22-9-10-24(21-42-26-12-16-41-17-13-26)28(18-22)31(33(38)39)37-15-11-23(20-37)29(34)8-4-3-6-25-19-30(40-2)27-7-5-14-35-32(27)36-25/h9-10,18-19,23,26,29,31H,3-8,11-17,20-21H2,1-2H3,(H,35,36)(H,38,39)/t23?,29-,31-/m1/s1. The monoisotopic (exact) mass is 583 g/mol. The number of alkyl halides is 1. The topological polar surface area (TPSA) is 93.2 Å². The zero-order chi connectivity index (χ0) is 29.5. The number of likely N-dealkylation sites (tertiary alicyclic amines) is 1. The molecule has 3 aliphatic rings. The van der Waals surface area contributed by atoms with Gasteiger partial charge in [0.1, 0.15) is 23.8 Å². The Hall–Kier alpha value is -2.75. The summed E-state index contributed by atoms with van der Waals surface area (Å²) in [7, 11) is 1.70. The van der Waals surface area contributed by atoms with Crippen molar-refractivity contribution in [2.24, 2.45) is 5.92 Å². The smallest absolute Gasteiger partial charge is 0.325 e. The van der Waals surface area contributed by atoms with Gasteiger partial charge in [-0.05, 0) is 76.0 Å². The number of hydrogen-bond donors (Lipinski definition) is 2. The van der Waals surface area contributed by atoms with Crippen LogP contribution in [0.5, 0.6) is 5.75 Å². The number of carbonyl (C=O) groups is 1.